The average molecular weight is 229 g/mol. The van der Waals surface area contributed by atoms with Crippen molar-refractivity contribution in [2.24, 2.45) is 0 Å². The molecule has 0 unspecified atom stereocenters. The summed E-state index contributed by atoms with van der Waals surface area (Å²) in [4.78, 5) is 15.6. The quantitative estimate of drug-likeness (QED) is 0.615. The third kappa shape index (κ3) is 5.44. The van der Waals surface area contributed by atoms with E-state index in [4.69, 9.17) is 4.74 Å². The monoisotopic (exact) mass is 229 g/mol. The molecule has 1 saturated heterocycles. The fourth-order valence-electron chi connectivity index (χ4n) is 1.75. The molecule has 0 atom stereocenters. The predicted octanol–water partition coefficient (Wildman–Crippen LogP) is -0.613. The number of esters is 1. The number of likely N-dealkylation sites (N-methyl/N-ethyl adjacent to an activating group) is 1. The number of hydrogen-bond acceptors (Lipinski definition) is 5. The summed E-state index contributed by atoms with van der Waals surface area (Å²) >= 11 is 0. The van der Waals surface area contributed by atoms with Crippen molar-refractivity contribution in [2.45, 2.75) is 6.92 Å². The largest absolute Gasteiger partial charge is 0.465 e. The number of piperazine rings is 1. The van der Waals surface area contributed by atoms with E-state index in [1.165, 1.54) is 0 Å². The van der Waals surface area contributed by atoms with Gasteiger partial charge in [0.15, 0.2) is 0 Å². The lowest BCUT2D eigenvalue weighted by atomic mass is 10.3. The average Bonchev–Trinajstić information content (AvgIpc) is 2.28. The van der Waals surface area contributed by atoms with Crippen LogP contribution in [0.2, 0.25) is 0 Å². The summed E-state index contributed by atoms with van der Waals surface area (Å²) in [5.74, 6) is -0.134. The number of rotatable bonds is 6. The Balaban J connectivity index is 2.08. The molecule has 1 heterocycles. The number of carbonyl (C=O) groups is 1. The van der Waals surface area contributed by atoms with Crippen molar-refractivity contribution in [3.05, 3.63) is 0 Å². The summed E-state index contributed by atoms with van der Waals surface area (Å²) in [6.45, 7) is 8.98. The summed E-state index contributed by atoms with van der Waals surface area (Å²) in [5, 5.41) is 3.32. The molecule has 5 nitrogen and oxygen atoms in total. The Hall–Kier alpha value is -0.650. The zero-order chi connectivity index (χ0) is 11.8. The highest BCUT2D eigenvalue weighted by Crippen LogP contribution is 1.93. The molecule has 0 radical (unpaired) electrons. The van der Waals surface area contributed by atoms with E-state index in [1.807, 2.05) is 18.9 Å². The van der Waals surface area contributed by atoms with Gasteiger partial charge in [0.2, 0.25) is 0 Å². The van der Waals surface area contributed by atoms with Crippen LogP contribution >= 0.6 is 0 Å². The molecule has 0 saturated carbocycles. The van der Waals surface area contributed by atoms with E-state index in [9.17, 15) is 4.79 Å². The maximum absolute atomic E-state index is 11.2. The van der Waals surface area contributed by atoms with E-state index in [-0.39, 0.29) is 5.97 Å². The second-order valence-electron chi connectivity index (χ2n) is 4.13. The van der Waals surface area contributed by atoms with Gasteiger partial charge in [0.1, 0.15) is 0 Å². The Morgan fingerprint density at radius 2 is 2.12 bits per heavy atom. The molecule has 0 aromatic heterocycles. The summed E-state index contributed by atoms with van der Waals surface area (Å²) in [7, 11) is 1.96. The summed E-state index contributed by atoms with van der Waals surface area (Å²) < 4.78 is 4.90. The van der Waals surface area contributed by atoms with Gasteiger partial charge < -0.3 is 10.1 Å². The lowest BCUT2D eigenvalue weighted by Crippen LogP contribution is -2.46. The van der Waals surface area contributed by atoms with Crippen molar-refractivity contribution in [1.82, 2.24) is 15.1 Å². The molecular formula is C11H23N3O2. The third-order valence-electron chi connectivity index (χ3n) is 2.71. The normalized spacial score (nSPS) is 17.7. The van der Waals surface area contributed by atoms with Crippen LogP contribution in [0.3, 0.4) is 0 Å². The summed E-state index contributed by atoms with van der Waals surface area (Å²) in [6, 6.07) is 0. The first kappa shape index (κ1) is 13.4. The van der Waals surface area contributed by atoms with Gasteiger partial charge in [0.05, 0.1) is 13.2 Å². The molecule has 1 fully saturated rings. The molecule has 1 N–H and O–H groups in total. The lowest BCUT2D eigenvalue weighted by Gasteiger charge is -2.28. The Morgan fingerprint density at radius 1 is 1.44 bits per heavy atom. The highest BCUT2D eigenvalue weighted by atomic mass is 16.5. The molecule has 94 valence electrons. The second-order valence-corrected chi connectivity index (χ2v) is 4.13. The van der Waals surface area contributed by atoms with Crippen LogP contribution in [0.25, 0.3) is 0 Å². The van der Waals surface area contributed by atoms with E-state index in [1.54, 1.807) is 0 Å². The van der Waals surface area contributed by atoms with Crippen molar-refractivity contribution in [3.63, 3.8) is 0 Å². The zero-order valence-corrected chi connectivity index (χ0v) is 10.4. The van der Waals surface area contributed by atoms with Gasteiger partial charge in [-0.3, -0.25) is 14.6 Å². The summed E-state index contributed by atoms with van der Waals surface area (Å²) in [5.41, 5.74) is 0. The van der Waals surface area contributed by atoms with Crippen LogP contribution in [0, 0.1) is 0 Å². The van der Waals surface area contributed by atoms with Gasteiger partial charge in [-0.05, 0) is 14.0 Å². The van der Waals surface area contributed by atoms with Gasteiger partial charge >= 0.3 is 5.97 Å². The van der Waals surface area contributed by atoms with Gasteiger partial charge in [0, 0.05) is 39.3 Å². The van der Waals surface area contributed by atoms with Crippen molar-refractivity contribution in [2.75, 3.05) is 59.5 Å². The number of ether oxygens (including phenoxy) is 1. The van der Waals surface area contributed by atoms with Crippen LogP contribution in [0.15, 0.2) is 0 Å². The molecule has 16 heavy (non-hydrogen) atoms. The molecule has 1 aliphatic heterocycles. The van der Waals surface area contributed by atoms with Crippen LogP contribution < -0.4 is 5.32 Å². The Morgan fingerprint density at radius 3 is 2.75 bits per heavy atom. The van der Waals surface area contributed by atoms with Gasteiger partial charge in [0.25, 0.3) is 0 Å². The van der Waals surface area contributed by atoms with Gasteiger partial charge in [-0.15, -0.1) is 0 Å². The molecule has 1 aliphatic rings. The Labute approximate surface area is 97.7 Å². The minimum absolute atomic E-state index is 0.134. The minimum atomic E-state index is -0.134. The van der Waals surface area contributed by atoms with E-state index in [2.05, 4.69) is 10.2 Å². The molecular weight excluding hydrogens is 206 g/mol. The van der Waals surface area contributed by atoms with E-state index in [0.717, 1.165) is 39.3 Å². The van der Waals surface area contributed by atoms with Crippen molar-refractivity contribution >= 4 is 5.97 Å². The number of carbonyl (C=O) groups excluding carboxylic acids is 1. The standard InChI is InChI=1S/C11H23N3O2/c1-3-16-11(15)10-13(2)8-9-14-6-4-12-5-7-14/h12H,3-10H2,1-2H3. The Kier molecular flexibility index (Phi) is 6.37. The molecule has 5 heteroatoms. The smallest absolute Gasteiger partial charge is 0.320 e. The van der Waals surface area contributed by atoms with Crippen LogP contribution in [-0.2, 0) is 9.53 Å². The SMILES string of the molecule is CCOC(=O)CN(C)CCN1CCNCC1. The minimum Gasteiger partial charge on any atom is -0.465 e. The van der Waals surface area contributed by atoms with Crippen molar-refractivity contribution < 1.29 is 9.53 Å². The first-order valence-corrected chi connectivity index (χ1v) is 5.99. The number of nitrogens with zero attached hydrogens (tertiary/aromatic N) is 2. The number of nitrogens with one attached hydrogen (secondary N) is 1. The van der Waals surface area contributed by atoms with Crippen LogP contribution in [0.4, 0.5) is 0 Å². The maximum Gasteiger partial charge on any atom is 0.320 e. The zero-order valence-electron chi connectivity index (χ0n) is 10.4. The maximum atomic E-state index is 11.2. The van der Waals surface area contributed by atoms with Crippen LogP contribution in [-0.4, -0.2) is 75.2 Å². The number of hydrogen-bond donors (Lipinski definition) is 1. The molecule has 0 spiro atoms. The van der Waals surface area contributed by atoms with Gasteiger partial charge in [-0.2, -0.15) is 0 Å². The van der Waals surface area contributed by atoms with Gasteiger partial charge in [-0.1, -0.05) is 0 Å². The molecule has 0 aromatic rings. The first-order chi connectivity index (χ1) is 7.72. The van der Waals surface area contributed by atoms with Crippen LogP contribution in [0.1, 0.15) is 6.92 Å². The highest BCUT2D eigenvalue weighted by Gasteiger charge is 2.11. The van der Waals surface area contributed by atoms with E-state index in [0.29, 0.717) is 13.2 Å². The fourth-order valence-corrected chi connectivity index (χ4v) is 1.75. The van der Waals surface area contributed by atoms with E-state index < -0.39 is 0 Å². The molecule has 1 rings (SSSR count). The summed E-state index contributed by atoms with van der Waals surface area (Å²) in [6.07, 6.45) is 0. The predicted molar refractivity (Wildman–Crippen MR) is 63.4 cm³/mol. The molecule has 0 amide bonds. The first-order valence-electron chi connectivity index (χ1n) is 5.99. The van der Waals surface area contributed by atoms with Crippen molar-refractivity contribution in [3.8, 4) is 0 Å². The van der Waals surface area contributed by atoms with Crippen molar-refractivity contribution in [1.29, 1.82) is 0 Å². The lowest BCUT2D eigenvalue weighted by molar-refractivity contribution is -0.144. The Bertz CT molecular complexity index is 205. The van der Waals surface area contributed by atoms with Crippen LogP contribution in [0.5, 0.6) is 0 Å². The topological polar surface area (TPSA) is 44.8 Å². The highest BCUT2D eigenvalue weighted by molar-refractivity contribution is 5.71. The fraction of sp³-hybridized carbons (Fsp3) is 0.909. The second kappa shape index (κ2) is 7.60. The molecule has 0 aliphatic carbocycles. The third-order valence-corrected chi connectivity index (χ3v) is 2.71. The molecule has 0 bridgehead atoms. The van der Waals surface area contributed by atoms with Gasteiger partial charge in [-0.25, -0.2) is 0 Å². The molecule has 0 aromatic carbocycles. The van der Waals surface area contributed by atoms with E-state index >= 15 is 0 Å².